The first-order valence-corrected chi connectivity index (χ1v) is 11.7. The predicted molar refractivity (Wildman–Crippen MR) is 118 cm³/mol. The molecular weight excluding hydrogens is 428 g/mol. The first kappa shape index (κ1) is 22.2. The maximum Gasteiger partial charge on any atom is 0.241 e. The van der Waals surface area contributed by atoms with Crippen molar-refractivity contribution < 1.29 is 17.9 Å². The van der Waals surface area contributed by atoms with Crippen LogP contribution in [0.2, 0.25) is 5.02 Å². The molecule has 30 heavy (non-hydrogen) atoms. The van der Waals surface area contributed by atoms with Gasteiger partial charge in [0.1, 0.15) is 17.3 Å². The van der Waals surface area contributed by atoms with Crippen molar-refractivity contribution in [2.24, 2.45) is 0 Å². The summed E-state index contributed by atoms with van der Waals surface area (Å²) < 4.78 is 32.8. The lowest BCUT2D eigenvalue weighted by Crippen LogP contribution is -2.50. The van der Waals surface area contributed by atoms with Crippen LogP contribution in [0.4, 0.5) is 11.5 Å². The number of pyridine rings is 1. The number of halogens is 1. The first-order valence-electron chi connectivity index (χ1n) is 9.64. The van der Waals surface area contributed by atoms with E-state index in [1.165, 1.54) is 0 Å². The van der Waals surface area contributed by atoms with E-state index < -0.39 is 21.7 Å². The summed E-state index contributed by atoms with van der Waals surface area (Å²) in [5.41, 5.74) is 0.383. The Hall–Kier alpha value is -2.52. The number of piperazine rings is 1. The minimum absolute atomic E-state index is 0.0272. The number of aromatic nitrogens is 1. The molecule has 1 aromatic heterocycles. The number of sulfonamides is 1. The summed E-state index contributed by atoms with van der Waals surface area (Å²) in [6, 6.07) is 10.1. The molecule has 1 aromatic carbocycles. The second-order valence-electron chi connectivity index (χ2n) is 7.23. The second-order valence-corrected chi connectivity index (χ2v) is 9.36. The maximum absolute atomic E-state index is 12.5. The number of benzene rings is 1. The molecule has 0 radical (unpaired) electrons. The Bertz CT molecular complexity index is 975. The van der Waals surface area contributed by atoms with Crippen molar-refractivity contribution in [3.63, 3.8) is 0 Å². The summed E-state index contributed by atoms with van der Waals surface area (Å²) in [4.78, 5) is 20.3. The van der Waals surface area contributed by atoms with Crippen molar-refractivity contribution in [3.8, 4) is 5.75 Å². The van der Waals surface area contributed by atoms with Crippen LogP contribution in [0.25, 0.3) is 0 Å². The van der Waals surface area contributed by atoms with Gasteiger partial charge < -0.3 is 14.5 Å². The van der Waals surface area contributed by atoms with E-state index in [0.29, 0.717) is 48.5 Å². The van der Waals surface area contributed by atoms with Crippen molar-refractivity contribution in [1.29, 1.82) is 0 Å². The summed E-state index contributed by atoms with van der Waals surface area (Å²) in [6.07, 6.45) is 1.69. The van der Waals surface area contributed by atoms with Crippen LogP contribution in [0.1, 0.15) is 13.8 Å². The maximum atomic E-state index is 12.5. The Morgan fingerprint density at radius 2 is 1.83 bits per heavy atom. The number of carbonyl (C=O) groups excluding carboxylic acids is 1. The lowest BCUT2D eigenvalue weighted by atomic mass is 10.3. The van der Waals surface area contributed by atoms with E-state index in [1.807, 2.05) is 18.7 Å². The fourth-order valence-corrected chi connectivity index (χ4v) is 4.44. The van der Waals surface area contributed by atoms with Gasteiger partial charge in [-0.3, -0.25) is 9.52 Å². The molecule has 0 spiro atoms. The van der Waals surface area contributed by atoms with E-state index >= 15 is 0 Å². The standard InChI is InChI=1S/C20H25ClN4O4S/c1-15(2)29-17-7-5-16(6-8-17)23-30(27,28)14-19(26)24-10-12-25(13-11-24)20-18(21)4-3-9-22-20/h3-9,15,23H,10-14H2,1-2H3. The average Bonchev–Trinajstić information content (AvgIpc) is 2.69. The number of ether oxygens (including phenoxy) is 1. The fraction of sp³-hybridized carbons (Fsp3) is 0.400. The number of amides is 1. The number of rotatable bonds is 7. The van der Waals surface area contributed by atoms with Gasteiger partial charge in [0.15, 0.2) is 0 Å². The molecule has 8 nitrogen and oxygen atoms in total. The smallest absolute Gasteiger partial charge is 0.241 e. The zero-order chi connectivity index (χ0) is 21.7. The van der Waals surface area contributed by atoms with Gasteiger partial charge in [-0.05, 0) is 50.2 Å². The number of nitrogens with zero attached hydrogens (tertiary/aromatic N) is 3. The fourth-order valence-electron chi connectivity index (χ4n) is 3.12. The molecule has 2 aromatic rings. The minimum atomic E-state index is -3.82. The van der Waals surface area contributed by atoms with E-state index in [2.05, 4.69) is 9.71 Å². The Labute approximate surface area is 181 Å². The van der Waals surface area contributed by atoms with E-state index in [0.717, 1.165) is 0 Å². The van der Waals surface area contributed by atoms with Crippen LogP contribution in [0.3, 0.4) is 0 Å². The molecule has 0 atom stereocenters. The average molecular weight is 453 g/mol. The molecule has 0 saturated carbocycles. The molecule has 0 unspecified atom stereocenters. The molecule has 1 aliphatic heterocycles. The number of carbonyl (C=O) groups is 1. The Morgan fingerprint density at radius 3 is 2.43 bits per heavy atom. The van der Waals surface area contributed by atoms with Crippen LogP contribution in [0, 0.1) is 0 Å². The van der Waals surface area contributed by atoms with E-state index in [4.69, 9.17) is 16.3 Å². The lowest BCUT2D eigenvalue weighted by Gasteiger charge is -2.35. The highest BCUT2D eigenvalue weighted by molar-refractivity contribution is 7.93. The molecule has 1 fully saturated rings. The van der Waals surface area contributed by atoms with E-state index in [1.54, 1.807) is 47.5 Å². The molecule has 2 heterocycles. The largest absolute Gasteiger partial charge is 0.491 e. The van der Waals surface area contributed by atoms with Crippen molar-refractivity contribution in [3.05, 3.63) is 47.6 Å². The van der Waals surface area contributed by atoms with Gasteiger partial charge in [-0.2, -0.15) is 0 Å². The summed E-state index contributed by atoms with van der Waals surface area (Å²) in [7, 11) is -3.82. The SMILES string of the molecule is CC(C)Oc1ccc(NS(=O)(=O)CC(=O)N2CCN(c3ncccc3Cl)CC2)cc1. The summed E-state index contributed by atoms with van der Waals surface area (Å²) in [5.74, 6) is 0.274. The number of hydrogen-bond donors (Lipinski definition) is 1. The monoisotopic (exact) mass is 452 g/mol. The summed E-state index contributed by atoms with van der Waals surface area (Å²) >= 11 is 6.17. The van der Waals surface area contributed by atoms with Gasteiger partial charge in [-0.15, -0.1) is 0 Å². The van der Waals surface area contributed by atoms with Crippen LogP contribution in [0.15, 0.2) is 42.6 Å². The summed E-state index contributed by atoms with van der Waals surface area (Å²) in [5, 5.41) is 0.550. The Morgan fingerprint density at radius 1 is 1.17 bits per heavy atom. The third kappa shape index (κ3) is 5.99. The van der Waals surface area contributed by atoms with Gasteiger partial charge in [0.25, 0.3) is 0 Å². The van der Waals surface area contributed by atoms with Crippen LogP contribution in [-0.4, -0.2) is 62.2 Å². The van der Waals surface area contributed by atoms with Crippen LogP contribution in [0.5, 0.6) is 5.75 Å². The Kier molecular flexibility index (Phi) is 7.04. The highest BCUT2D eigenvalue weighted by Crippen LogP contribution is 2.23. The molecule has 10 heteroatoms. The Balaban J connectivity index is 1.53. The zero-order valence-electron chi connectivity index (χ0n) is 16.9. The van der Waals surface area contributed by atoms with Crippen LogP contribution >= 0.6 is 11.6 Å². The van der Waals surface area contributed by atoms with Crippen molar-refractivity contribution in [2.45, 2.75) is 20.0 Å². The molecule has 1 amide bonds. The number of anilines is 2. The molecular formula is C20H25ClN4O4S. The first-order chi connectivity index (χ1) is 14.2. The molecule has 0 bridgehead atoms. The van der Waals surface area contributed by atoms with Crippen LogP contribution in [-0.2, 0) is 14.8 Å². The topological polar surface area (TPSA) is 91.8 Å². The highest BCUT2D eigenvalue weighted by atomic mass is 35.5. The molecule has 1 N–H and O–H groups in total. The van der Waals surface area contributed by atoms with E-state index in [9.17, 15) is 13.2 Å². The van der Waals surface area contributed by atoms with Gasteiger partial charge in [0, 0.05) is 38.1 Å². The molecule has 1 saturated heterocycles. The second kappa shape index (κ2) is 9.53. The number of hydrogen-bond acceptors (Lipinski definition) is 6. The molecule has 162 valence electrons. The third-order valence-electron chi connectivity index (χ3n) is 4.48. The molecule has 0 aliphatic carbocycles. The minimum Gasteiger partial charge on any atom is -0.491 e. The quantitative estimate of drug-likeness (QED) is 0.694. The normalized spacial score (nSPS) is 14.7. The zero-order valence-corrected chi connectivity index (χ0v) is 18.5. The van der Waals surface area contributed by atoms with E-state index in [-0.39, 0.29) is 6.10 Å². The molecule has 1 aliphatic rings. The number of nitrogens with one attached hydrogen (secondary N) is 1. The van der Waals surface area contributed by atoms with Gasteiger partial charge in [-0.1, -0.05) is 11.6 Å². The van der Waals surface area contributed by atoms with Crippen molar-refractivity contribution in [1.82, 2.24) is 9.88 Å². The highest BCUT2D eigenvalue weighted by Gasteiger charge is 2.26. The van der Waals surface area contributed by atoms with Gasteiger partial charge >= 0.3 is 0 Å². The summed E-state index contributed by atoms with van der Waals surface area (Å²) in [6.45, 7) is 5.70. The predicted octanol–water partition coefficient (Wildman–Crippen LogP) is 2.61. The van der Waals surface area contributed by atoms with Gasteiger partial charge in [0.2, 0.25) is 15.9 Å². The third-order valence-corrected chi connectivity index (χ3v) is 5.95. The molecule has 3 rings (SSSR count). The lowest BCUT2D eigenvalue weighted by molar-refractivity contribution is -0.128. The van der Waals surface area contributed by atoms with Gasteiger partial charge in [-0.25, -0.2) is 13.4 Å². The van der Waals surface area contributed by atoms with Crippen LogP contribution < -0.4 is 14.4 Å². The van der Waals surface area contributed by atoms with Gasteiger partial charge in [0.05, 0.1) is 11.1 Å². The van der Waals surface area contributed by atoms with Crippen molar-refractivity contribution >= 4 is 39.0 Å². The van der Waals surface area contributed by atoms with Crippen molar-refractivity contribution in [2.75, 3.05) is 41.6 Å².